The van der Waals surface area contributed by atoms with E-state index in [0.29, 0.717) is 12.6 Å². The van der Waals surface area contributed by atoms with Gasteiger partial charge in [-0.1, -0.05) is 18.2 Å². The molecule has 2 N–H and O–H groups in total. The standard InChI is InChI=1S/C17H20N2OS/c18-10-9-13-3-5-14(6-4-13)17(20)19(15-7-8-15)12-16-2-1-11-21-16/h1-6,11,15H,7-10,12,18H2. The van der Waals surface area contributed by atoms with Gasteiger partial charge in [-0.25, -0.2) is 0 Å². The predicted molar refractivity (Wildman–Crippen MR) is 86.4 cm³/mol. The fraction of sp³-hybridized carbons (Fsp3) is 0.353. The first-order chi connectivity index (χ1) is 10.3. The van der Waals surface area contributed by atoms with E-state index in [-0.39, 0.29) is 5.91 Å². The normalized spacial score (nSPS) is 14.1. The number of amides is 1. The van der Waals surface area contributed by atoms with Crippen LogP contribution in [-0.4, -0.2) is 23.4 Å². The van der Waals surface area contributed by atoms with Gasteiger partial charge in [-0.05, 0) is 54.9 Å². The molecule has 21 heavy (non-hydrogen) atoms. The Morgan fingerprint density at radius 1 is 1.24 bits per heavy atom. The monoisotopic (exact) mass is 300 g/mol. The van der Waals surface area contributed by atoms with Crippen molar-refractivity contribution < 1.29 is 4.79 Å². The Balaban J connectivity index is 1.74. The lowest BCUT2D eigenvalue weighted by molar-refractivity contribution is 0.0731. The highest BCUT2D eigenvalue weighted by Gasteiger charge is 2.33. The Bertz CT molecular complexity index is 588. The van der Waals surface area contributed by atoms with E-state index in [2.05, 4.69) is 11.4 Å². The number of carbonyl (C=O) groups excluding carboxylic acids is 1. The second kappa shape index (κ2) is 6.41. The van der Waals surface area contributed by atoms with Crippen molar-refractivity contribution in [2.45, 2.75) is 31.8 Å². The average Bonchev–Trinajstić information content (AvgIpc) is 3.22. The van der Waals surface area contributed by atoms with E-state index in [9.17, 15) is 4.79 Å². The van der Waals surface area contributed by atoms with Gasteiger partial charge in [0, 0.05) is 16.5 Å². The van der Waals surface area contributed by atoms with Gasteiger partial charge in [0.1, 0.15) is 0 Å². The number of thiophene rings is 1. The number of nitrogens with zero attached hydrogens (tertiary/aromatic N) is 1. The van der Waals surface area contributed by atoms with Gasteiger partial charge in [0.05, 0.1) is 6.54 Å². The van der Waals surface area contributed by atoms with Crippen LogP contribution in [0.5, 0.6) is 0 Å². The summed E-state index contributed by atoms with van der Waals surface area (Å²) in [5.74, 6) is 0.144. The first-order valence-corrected chi connectivity index (χ1v) is 8.28. The zero-order valence-electron chi connectivity index (χ0n) is 12.0. The van der Waals surface area contributed by atoms with E-state index in [1.165, 1.54) is 10.4 Å². The summed E-state index contributed by atoms with van der Waals surface area (Å²) in [6.07, 6.45) is 3.11. The molecule has 4 heteroatoms. The summed E-state index contributed by atoms with van der Waals surface area (Å²) in [5.41, 5.74) is 7.52. The molecule has 0 radical (unpaired) electrons. The molecule has 1 fully saturated rings. The fourth-order valence-electron chi connectivity index (χ4n) is 2.47. The Labute approximate surface area is 129 Å². The van der Waals surface area contributed by atoms with Crippen LogP contribution in [0.3, 0.4) is 0 Å². The molecule has 0 bridgehead atoms. The lowest BCUT2D eigenvalue weighted by Crippen LogP contribution is -2.32. The molecule has 3 nitrogen and oxygen atoms in total. The van der Waals surface area contributed by atoms with Crippen molar-refractivity contribution in [2.75, 3.05) is 6.54 Å². The van der Waals surface area contributed by atoms with Gasteiger partial charge in [0.2, 0.25) is 0 Å². The molecule has 3 rings (SSSR count). The fourth-order valence-corrected chi connectivity index (χ4v) is 3.17. The smallest absolute Gasteiger partial charge is 0.254 e. The van der Waals surface area contributed by atoms with E-state index in [4.69, 9.17) is 5.73 Å². The van der Waals surface area contributed by atoms with Crippen LogP contribution >= 0.6 is 11.3 Å². The Morgan fingerprint density at radius 3 is 2.57 bits per heavy atom. The maximum absolute atomic E-state index is 12.7. The Hall–Kier alpha value is -1.65. The molecule has 1 aromatic carbocycles. The van der Waals surface area contributed by atoms with Crippen molar-refractivity contribution >= 4 is 17.2 Å². The van der Waals surface area contributed by atoms with Crippen molar-refractivity contribution in [3.05, 3.63) is 57.8 Å². The molecule has 1 heterocycles. The lowest BCUT2D eigenvalue weighted by Gasteiger charge is -2.22. The topological polar surface area (TPSA) is 46.3 Å². The summed E-state index contributed by atoms with van der Waals surface area (Å²) in [4.78, 5) is 16.0. The SMILES string of the molecule is NCCc1ccc(C(=O)N(Cc2cccs2)C2CC2)cc1. The van der Waals surface area contributed by atoms with Crippen LogP contribution < -0.4 is 5.73 Å². The molecule has 0 saturated heterocycles. The zero-order valence-corrected chi connectivity index (χ0v) is 12.8. The van der Waals surface area contributed by atoms with Gasteiger partial charge < -0.3 is 10.6 Å². The molecule has 2 aromatic rings. The van der Waals surface area contributed by atoms with Crippen LogP contribution in [0.15, 0.2) is 41.8 Å². The molecular formula is C17H20N2OS. The summed E-state index contributed by atoms with van der Waals surface area (Å²) in [6.45, 7) is 1.37. The van der Waals surface area contributed by atoms with Crippen LogP contribution in [0.2, 0.25) is 0 Å². The molecule has 1 aliphatic rings. The minimum atomic E-state index is 0.144. The molecule has 0 atom stereocenters. The van der Waals surface area contributed by atoms with Gasteiger partial charge in [-0.3, -0.25) is 4.79 Å². The third-order valence-corrected chi connectivity index (χ3v) is 4.65. The molecule has 1 amide bonds. The van der Waals surface area contributed by atoms with Crippen LogP contribution in [0.4, 0.5) is 0 Å². The van der Waals surface area contributed by atoms with Gasteiger partial charge in [0.15, 0.2) is 0 Å². The van der Waals surface area contributed by atoms with E-state index in [1.54, 1.807) is 11.3 Å². The van der Waals surface area contributed by atoms with Crippen molar-refractivity contribution in [1.29, 1.82) is 0 Å². The Morgan fingerprint density at radius 2 is 2.00 bits per heavy atom. The third kappa shape index (κ3) is 3.52. The minimum absolute atomic E-state index is 0.144. The predicted octanol–water partition coefficient (Wildman–Crippen LogP) is 3.05. The number of rotatable bonds is 6. The summed E-state index contributed by atoms with van der Waals surface area (Å²) < 4.78 is 0. The maximum Gasteiger partial charge on any atom is 0.254 e. The highest BCUT2D eigenvalue weighted by molar-refractivity contribution is 7.09. The van der Waals surface area contributed by atoms with Gasteiger partial charge in [-0.2, -0.15) is 0 Å². The Kier molecular flexibility index (Phi) is 4.36. The zero-order chi connectivity index (χ0) is 14.7. The van der Waals surface area contributed by atoms with Crippen LogP contribution in [-0.2, 0) is 13.0 Å². The van der Waals surface area contributed by atoms with Crippen molar-refractivity contribution in [3.8, 4) is 0 Å². The van der Waals surface area contributed by atoms with E-state index in [0.717, 1.165) is 31.4 Å². The van der Waals surface area contributed by atoms with E-state index >= 15 is 0 Å². The van der Waals surface area contributed by atoms with Crippen LogP contribution in [0.25, 0.3) is 0 Å². The van der Waals surface area contributed by atoms with E-state index in [1.807, 2.05) is 35.2 Å². The van der Waals surface area contributed by atoms with Crippen LogP contribution in [0.1, 0.15) is 33.6 Å². The maximum atomic E-state index is 12.7. The molecule has 1 saturated carbocycles. The second-order valence-electron chi connectivity index (χ2n) is 5.48. The minimum Gasteiger partial charge on any atom is -0.331 e. The summed E-state index contributed by atoms with van der Waals surface area (Å²) in [7, 11) is 0. The first kappa shape index (κ1) is 14.3. The molecule has 1 aromatic heterocycles. The van der Waals surface area contributed by atoms with Crippen molar-refractivity contribution in [2.24, 2.45) is 5.73 Å². The number of hydrogen-bond donors (Lipinski definition) is 1. The summed E-state index contributed by atoms with van der Waals surface area (Å²) >= 11 is 1.71. The number of carbonyl (C=O) groups is 1. The molecule has 0 spiro atoms. The molecular weight excluding hydrogens is 280 g/mol. The van der Waals surface area contributed by atoms with Crippen LogP contribution in [0, 0.1) is 0 Å². The highest BCUT2D eigenvalue weighted by Crippen LogP contribution is 2.30. The number of benzene rings is 1. The van der Waals surface area contributed by atoms with Gasteiger partial charge in [-0.15, -0.1) is 11.3 Å². The molecule has 0 aliphatic heterocycles. The summed E-state index contributed by atoms with van der Waals surface area (Å²) in [5, 5.41) is 2.06. The quantitative estimate of drug-likeness (QED) is 0.891. The summed E-state index contributed by atoms with van der Waals surface area (Å²) in [6, 6.07) is 12.4. The van der Waals surface area contributed by atoms with Gasteiger partial charge in [0.25, 0.3) is 5.91 Å². The van der Waals surface area contributed by atoms with E-state index < -0.39 is 0 Å². The van der Waals surface area contributed by atoms with Gasteiger partial charge >= 0.3 is 0 Å². The largest absolute Gasteiger partial charge is 0.331 e. The highest BCUT2D eigenvalue weighted by atomic mass is 32.1. The molecule has 1 aliphatic carbocycles. The second-order valence-corrected chi connectivity index (χ2v) is 6.51. The molecule has 110 valence electrons. The number of nitrogens with two attached hydrogens (primary N) is 1. The lowest BCUT2D eigenvalue weighted by atomic mass is 10.1. The number of hydrogen-bond acceptors (Lipinski definition) is 3. The third-order valence-electron chi connectivity index (χ3n) is 3.79. The first-order valence-electron chi connectivity index (χ1n) is 7.40. The van der Waals surface area contributed by atoms with Crippen molar-refractivity contribution in [3.63, 3.8) is 0 Å². The average molecular weight is 300 g/mol. The van der Waals surface area contributed by atoms with Crippen molar-refractivity contribution in [1.82, 2.24) is 4.90 Å². The molecule has 0 unspecified atom stereocenters.